The molecule has 30 heavy (non-hydrogen) atoms. The Balaban J connectivity index is 0.000000187. The quantitative estimate of drug-likeness (QED) is 0.440. The van der Waals surface area contributed by atoms with Crippen LogP contribution in [-0.4, -0.2) is 33.2 Å². The molecule has 4 rings (SSSR count). The highest BCUT2D eigenvalue weighted by atomic mass is 16.5. The van der Waals surface area contributed by atoms with Crippen molar-refractivity contribution in [3.8, 4) is 0 Å². The molecule has 2 aromatic carbocycles. The number of nitrogens with two attached hydrogens (primary N) is 1. The molecular weight excluding hydrogens is 380 g/mol. The van der Waals surface area contributed by atoms with E-state index in [1.807, 2.05) is 63.2 Å². The number of nitrogen functional groups attached to an aromatic ring is 1. The lowest BCUT2D eigenvalue weighted by atomic mass is 10.1. The second-order valence-corrected chi connectivity index (χ2v) is 6.81. The number of anilines is 3. The number of fused-ring (bicyclic) bond motifs is 1. The number of aryl methyl sites for hydroxylation is 3. The molecule has 2 heterocycles. The number of aromatic nitrogens is 4. The molecule has 2 aromatic heterocycles. The number of carbonyl (C=O) groups excluding carboxylic acids is 1. The summed E-state index contributed by atoms with van der Waals surface area (Å²) < 4.78 is 4.62. The van der Waals surface area contributed by atoms with Gasteiger partial charge in [-0.25, -0.2) is 9.78 Å². The average molecular weight is 404 g/mol. The van der Waals surface area contributed by atoms with E-state index in [2.05, 4.69) is 30.2 Å². The molecular formula is C22H24N6O2. The van der Waals surface area contributed by atoms with Gasteiger partial charge in [0.15, 0.2) is 0 Å². The van der Waals surface area contributed by atoms with Crippen molar-refractivity contribution in [2.75, 3.05) is 18.2 Å². The molecule has 0 saturated heterocycles. The lowest BCUT2D eigenvalue weighted by Crippen LogP contribution is -2.03. The van der Waals surface area contributed by atoms with Crippen molar-refractivity contribution in [3.63, 3.8) is 0 Å². The van der Waals surface area contributed by atoms with E-state index in [-0.39, 0.29) is 11.9 Å². The number of hydrogen-bond acceptors (Lipinski definition) is 7. The lowest BCUT2D eigenvalue weighted by molar-refractivity contribution is 0.0600. The Hall–Kier alpha value is -3.94. The topological polar surface area (TPSA) is 119 Å². The van der Waals surface area contributed by atoms with Crippen molar-refractivity contribution >= 4 is 34.5 Å². The van der Waals surface area contributed by atoms with Gasteiger partial charge in [-0.2, -0.15) is 10.1 Å². The zero-order valence-electron chi connectivity index (χ0n) is 17.4. The predicted octanol–water partition coefficient (Wildman–Crippen LogP) is 4.08. The number of H-pyrrole nitrogens is 1. The Morgan fingerprint density at radius 2 is 1.83 bits per heavy atom. The zero-order chi connectivity index (χ0) is 21.7. The highest BCUT2D eigenvalue weighted by Crippen LogP contribution is 2.23. The first-order valence-corrected chi connectivity index (χ1v) is 9.34. The summed E-state index contributed by atoms with van der Waals surface area (Å²) in [6.07, 6.45) is 0. The molecule has 0 fully saturated rings. The van der Waals surface area contributed by atoms with Gasteiger partial charge in [0.05, 0.1) is 23.9 Å². The lowest BCUT2D eigenvalue weighted by Gasteiger charge is -2.07. The largest absolute Gasteiger partial charge is 0.465 e. The van der Waals surface area contributed by atoms with E-state index >= 15 is 0 Å². The minimum absolute atomic E-state index is 0.243. The molecule has 4 aromatic rings. The van der Waals surface area contributed by atoms with Gasteiger partial charge in [0, 0.05) is 11.5 Å². The first-order valence-electron chi connectivity index (χ1n) is 9.34. The van der Waals surface area contributed by atoms with E-state index in [4.69, 9.17) is 5.73 Å². The van der Waals surface area contributed by atoms with Crippen molar-refractivity contribution in [2.24, 2.45) is 0 Å². The molecule has 8 nitrogen and oxygen atoms in total. The number of methoxy groups -OCH3 is 1. The number of hydrogen-bond donors (Lipinski definition) is 3. The second kappa shape index (κ2) is 9.04. The average Bonchev–Trinajstić information content (AvgIpc) is 3.12. The fourth-order valence-electron chi connectivity index (χ4n) is 2.96. The Bertz CT molecular complexity index is 1190. The fraction of sp³-hybridized carbons (Fsp3) is 0.182. The predicted molar refractivity (Wildman–Crippen MR) is 118 cm³/mol. The number of para-hydroxylation sites is 1. The minimum Gasteiger partial charge on any atom is -0.465 e. The molecule has 0 bridgehead atoms. The number of esters is 1. The molecule has 0 aliphatic carbocycles. The van der Waals surface area contributed by atoms with Crippen LogP contribution in [0.2, 0.25) is 0 Å². The van der Waals surface area contributed by atoms with Crippen LogP contribution in [0.1, 0.15) is 27.2 Å². The molecule has 0 spiro atoms. The summed E-state index contributed by atoms with van der Waals surface area (Å²) in [6, 6.07) is 15.2. The number of nitrogens with one attached hydrogen (secondary N) is 2. The van der Waals surface area contributed by atoms with Crippen LogP contribution in [0.15, 0.2) is 48.5 Å². The summed E-state index contributed by atoms with van der Waals surface area (Å²) in [5, 5.41) is 11.0. The van der Waals surface area contributed by atoms with Gasteiger partial charge >= 0.3 is 5.97 Å². The van der Waals surface area contributed by atoms with Crippen LogP contribution in [0.25, 0.3) is 10.9 Å². The van der Waals surface area contributed by atoms with Gasteiger partial charge in [-0.1, -0.05) is 29.8 Å². The monoisotopic (exact) mass is 404 g/mol. The number of nitrogens with zero attached hydrogens (tertiary/aromatic N) is 3. The van der Waals surface area contributed by atoms with E-state index in [1.165, 1.54) is 7.11 Å². The van der Waals surface area contributed by atoms with Crippen LogP contribution in [0, 0.1) is 20.8 Å². The van der Waals surface area contributed by atoms with Crippen LogP contribution >= 0.6 is 0 Å². The number of benzene rings is 2. The third-order valence-corrected chi connectivity index (χ3v) is 4.37. The fourth-order valence-corrected chi connectivity index (χ4v) is 2.96. The number of rotatable bonds is 3. The first kappa shape index (κ1) is 20.8. The minimum atomic E-state index is -0.271. The summed E-state index contributed by atoms with van der Waals surface area (Å²) in [7, 11) is 1.39. The normalized spacial score (nSPS) is 10.3. The number of ether oxygens (including phenoxy) is 1. The van der Waals surface area contributed by atoms with E-state index < -0.39 is 0 Å². The Morgan fingerprint density at radius 1 is 1.07 bits per heavy atom. The third-order valence-electron chi connectivity index (χ3n) is 4.37. The first-order chi connectivity index (χ1) is 14.4. The van der Waals surface area contributed by atoms with Crippen molar-refractivity contribution in [3.05, 3.63) is 70.9 Å². The Morgan fingerprint density at radius 3 is 2.50 bits per heavy atom. The molecule has 0 amide bonds. The maximum Gasteiger partial charge on any atom is 0.338 e. The van der Waals surface area contributed by atoms with E-state index in [1.54, 1.807) is 6.07 Å². The molecule has 0 atom stereocenters. The van der Waals surface area contributed by atoms with Crippen molar-refractivity contribution in [1.82, 2.24) is 20.2 Å². The standard InChI is InChI=1S/C12H12N6.C10H12O2/c1-7-6-10(18-17-7)15-11-8-4-2-3-5-9(8)14-12(13)16-11;1-7-4-5-9(8(2)6-7)10(11)12-3/h2-6H,1H3,(H4,13,14,15,16,17,18);4-6H,1-3H3. The van der Waals surface area contributed by atoms with E-state index in [0.717, 1.165) is 33.5 Å². The highest BCUT2D eigenvalue weighted by Gasteiger charge is 2.08. The van der Waals surface area contributed by atoms with Gasteiger partial charge in [0.25, 0.3) is 0 Å². The van der Waals surface area contributed by atoms with Crippen LogP contribution in [0.5, 0.6) is 0 Å². The Kier molecular flexibility index (Phi) is 6.26. The molecule has 0 aliphatic rings. The van der Waals surface area contributed by atoms with Crippen molar-refractivity contribution in [1.29, 1.82) is 0 Å². The number of aromatic amines is 1. The Labute approximate surface area is 174 Å². The summed E-state index contributed by atoms with van der Waals surface area (Å²) >= 11 is 0. The molecule has 4 N–H and O–H groups in total. The van der Waals surface area contributed by atoms with Crippen LogP contribution in [0.3, 0.4) is 0 Å². The molecule has 0 unspecified atom stereocenters. The highest BCUT2D eigenvalue weighted by molar-refractivity contribution is 5.91. The molecule has 154 valence electrons. The van der Waals surface area contributed by atoms with Gasteiger partial charge in [0.1, 0.15) is 11.6 Å². The maximum atomic E-state index is 11.1. The molecule has 0 radical (unpaired) electrons. The van der Waals surface area contributed by atoms with Gasteiger partial charge in [-0.05, 0) is 44.5 Å². The summed E-state index contributed by atoms with van der Waals surface area (Å²) in [5.41, 5.74) is 10.2. The van der Waals surface area contributed by atoms with E-state index in [0.29, 0.717) is 11.4 Å². The third kappa shape index (κ3) is 4.91. The maximum absolute atomic E-state index is 11.1. The zero-order valence-corrected chi connectivity index (χ0v) is 17.4. The molecule has 0 aliphatic heterocycles. The SMILES string of the molecule is COC(=O)c1ccc(C)cc1C.Cc1cc(Nc2nc(N)nc3ccccc23)[nH]n1. The van der Waals surface area contributed by atoms with Crippen LogP contribution < -0.4 is 11.1 Å². The smallest absolute Gasteiger partial charge is 0.338 e. The van der Waals surface area contributed by atoms with Gasteiger partial charge in [0.2, 0.25) is 5.95 Å². The summed E-state index contributed by atoms with van der Waals surface area (Å²) in [4.78, 5) is 19.5. The van der Waals surface area contributed by atoms with Gasteiger partial charge < -0.3 is 15.8 Å². The molecule has 0 saturated carbocycles. The number of carbonyl (C=O) groups is 1. The van der Waals surface area contributed by atoms with Crippen LogP contribution in [-0.2, 0) is 4.74 Å². The summed E-state index contributed by atoms with van der Waals surface area (Å²) in [6.45, 7) is 5.81. The van der Waals surface area contributed by atoms with Gasteiger partial charge in [-0.15, -0.1) is 0 Å². The summed E-state index contributed by atoms with van der Waals surface area (Å²) in [5.74, 6) is 1.41. The van der Waals surface area contributed by atoms with E-state index in [9.17, 15) is 4.79 Å². The van der Waals surface area contributed by atoms with Crippen LogP contribution in [0.4, 0.5) is 17.6 Å². The van der Waals surface area contributed by atoms with Crippen molar-refractivity contribution in [2.45, 2.75) is 20.8 Å². The molecule has 8 heteroatoms. The van der Waals surface area contributed by atoms with Crippen molar-refractivity contribution < 1.29 is 9.53 Å². The second-order valence-electron chi connectivity index (χ2n) is 6.81. The van der Waals surface area contributed by atoms with Gasteiger partial charge in [-0.3, -0.25) is 5.10 Å².